The van der Waals surface area contributed by atoms with Crippen molar-refractivity contribution in [3.63, 3.8) is 0 Å². The molecule has 0 spiro atoms. The number of aromatic hydroxyl groups is 1. The van der Waals surface area contributed by atoms with Crippen molar-refractivity contribution in [2.45, 2.75) is 10.6 Å². The molecule has 0 aromatic heterocycles. The molecule has 18 heavy (non-hydrogen) atoms. The fourth-order valence-electron chi connectivity index (χ4n) is 1.59. The van der Waals surface area contributed by atoms with Gasteiger partial charge < -0.3 is 9.84 Å². The van der Waals surface area contributed by atoms with E-state index >= 15 is 0 Å². The second-order valence-corrected chi connectivity index (χ2v) is 5.65. The molecule has 0 unspecified atom stereocenters. The van der Waals surface area contributed by atoms with Gasteiger partial charge in [0, 0.05) is 20.7 Å². The van der Waals surface area contributed by atoms with E-state index in [4.69, 9.17) is 4.74 Å². The van der Waals surface area contributed by atoms with E-state index in [-0.39, 0.29) is 0 Å². The van der Waals surface area contributed by atoms with Gasteiger partial charge >= 0.3 is 0 Å². The molecule has 0 heterocycles. The molecule has 2 nitrogen and oxygen atoms in total. The summed E-state index contributed by atoms with van der Waals surface area (Å²) >= 11 is 5.04. The van der Waals surface area contributed by atoms with Crippen LogP contribution in [0.3, 0.4) is 0 Å². The number of phenolic OH excluding ortho intramolecular Hbond substituents is 1. The third-order valence-electron chi connectivity index (χ3n) is 2.49. The summed E-state index contributed by atoms with van der Waals surface area (Å²) in [5.74, 6) is 1.93. The van der Waals surface area contributed by atoms with Gasteiger partial charge in [-0.25, -0.2) is 0 Å². The largest absolute Gasteiger partial charge is 0.507 e. The predicted octanol–water partition coefficient (Wildman–Crippen LogP) is 4.46. The zero-order valence-corrected chi connectivity index (χ0v) is 12.3. The van der Waals surface area contributed by atoms with Gasteiger partial charge in [-0.05, 0) is 30.3 Å². The van der Waals surface area contributed by atoms with E-state index in [1.165, 1.54) is 0 Å². The minimum absolute atomic E-state index is 0.316. The molecule has 0 aliphatic rings. The standard InChI is InChI=1S/C14H13BrO2S/c1-17-13-7-6-11(15)8-10(13)9-18-14-5-3-2-4-12(14)16/h2-8,16H,9H2,1H3. The Labute approximate surface area is 119 Å². The molecule has 2 aromatic rings. The third kappa shape index (κ3) is 3.21. The zero-order chi connectivity index (χ0) is 13.0. The first-order chi connectivity index (χ1) is 8.70. The van der Waals surface area contributed by atoms with Crippen LogP contribution in [0.2, 0.25) is 0 Å². The predicted molar refractivity (Wildman–Crippen MR) is 78.4 cm³/mol. The summed E-state index contributed by atoms with van der Waals surface area (Å²) in [5.41, 5.74) is 1.10. The Balaban J connectivity index is 2.15. The zero-order valence-electron chi connectivity index (χ0n) is 9.89. The molecule has 0 radical (unpaired) electrons. The molecule has 0 aliphatic heterocycles. The minimum atomic E-state index is 0.316. The summed E-state index contributed by atoms with van der Waals surface area (Å²) in [5, 5.41) is 9.71. The van der Waals surface area contributed by atoms with Crippen LogP contribution in [-0.4, -0.2) is 12.2 Å². The smallest absolute Gasteiger partial charge is 0.129 e. The van der Waals surface area contributed by atoms with Crippen LogP contribution in [-0.2, 0) is 5.75 Å². The van der Waals surface area contributed by atoms with E-state index < -0.39 is 0 Å². The Morgan fingerprint density at radius 1 is 1.22 bits per heavy atom. The molecule has 1 N–H and O–H groups in total. The van der Waals surface area contributed by atoms with Crippen LogP contribution < -0.4 is 4.74 Å². The molecule has 0 fully saturated rings. The van der Waals surface area contributed by atoms with Crippen molar-refractivity contribution >= 4 is 27.7 Å². The van der Waals surface area contributed by atoms with Gasteiger partial charge in [0.15, 0.2) is 0 Å². The van der Waals surface area contributed by atoms with Gasteiger partial charge in [-0.1, -0.05) is 28.1 Å². The number of methoxy groups -OCH3 is 1. The number of halogens is 1. The van der Waals surface area contributed by atoms with Crippen molar-refractivity contribution in [3.8, 4) is 11.5 Å². The van der Waals surface area contributed by atoms with Crippen molar-refractivity contribution in [2.75, 3.05) is 7.11 Å². The maximum atomic E-state index is 9.71. The van der Waals surface area contributed by atoms with E-state index in [9.17, 15) is 5.11 Å². The summed E-state index contributed by atoms with van der Waals surface area (Å²) in [7, 11) is 1.66. The number of para-hydroxylation sites is 1. The Morgan fingerprint density at radius 3 is 2.72 bits per heavy atom. The van der Waals surface area contributed by atoms with Gasteiger partial charge in [0.1, 0.15) is 11.5 Å². The fraction of sp³-hybridized carbons (Fsp3) is 0.143. The number of rotatable bonds is 4. The molecular formula is C14H13BrO2S. The minimum Gasteiger partial charge on any atom is -0.507 e. The highest BCUT2D eigenvalue weighted by atomic mass is 79.9. The summed E-state index contributed by atoms with van der Waals surface area (Å²) < 4.78 is 6.35. The molecule has 0 aliphatic carbocycles. The third-order valence-corrected chi connectivity index (χ3v) is 4.10. The summed E-state index contributed by atoms with van der Waals surface area (Å²) in [6, 6.07) is 13.3. The quantitative estimate of drug-likeness (QED) is 0.842. The molecule has 2 rings (SSSR count). The number of phenols is 1. The molecule has 0 saturated carbocycles. The van der Waals surface area contributed by atoms with E-state index in [2.05, 4.69) is 15.9 Å². The van der Waals surface area contributed by atoms with Gasteiger partial charge in [0.2, 0.25) is 0 Å². The fourth-order valence-corrected chi connectivity index (χ4v) is 2.93. The second kappa shape index (κ2) is 6.16. The Morgan fingerprint density at radius 2 is 2.00 bits per heavy atom. The average Bonchev–Trinajstić information content (AvgIpc) is 2.38. The van der Waals surface area contributed by atoms with Crippen molar-refractivity contribution in [2.24, 2.45) is 0 Å². The highest BCUT2D eigenvalue weighted by Crippen LogP contribution is 2.33. The van der Waals surface area contributed by atoms with E-state index in [1.807, 2.05) is 36.4 Å². The lowest BCUT2D eigenvalue weighted by molar-refractivity contribution is 0.411. The highest BCUT2D eigenvalue weighted by molar-refractivity contribution is 9.10. The average molecular weight is 325 g/mol. The van der Waals surface area contributed by atoms with E-state index in [0.717, 1.165) is 26.4 Å². The lowest BCUT2D eigenvalue weighted by atomic mass is 10.2. The van der Waals surface area contributed by atoms with Crippen LogP contribution in [0, 0.1) is 0 Å². The molecule has 2 aromatic carbocycles. The van der Waals surface area contributed by atoms with Crippen LogP contribution in [0.4, 0.5) is 0 Å². The van der Waals surface area contributed by atoms with E-state index in [0.29, 0.717) is 5.75 Å². The molecule has 4 heteroatoms. The maximum Gasteiger partial charge on any atom is 0.129 e. The van der Waals surface area contributed by atoms with Crippen LogP contribution in [0.25, 0.3) is 0 Å². The molecule has 0 bridgehead atoms. The molecule has 0 atom stereocenters. The monoisotopic (exact) mass is 324 g/mol. The van der Waals surface area contributed by atoms with Crippen LogP contribution in [0.15, 0.2) is 51.8 Å². The Hall–Kier alpha value is -1.13. The summed E-state index contributed by atoms with van der Waals surface area (Å²) in [6.07, 6.45) is 0. The Kier molecular flexibility index (Phi) is 4.55. The molecule has 0 saturated heterocycles. The van der Waals surface area contributed by atoms with Gasteiger partial charge in [0.25, 0.3) is 0 Å². The Bertz CT molecular complexity index is 543. The first-order valence-corrected chi connectivity index (χ1v) is 7.22. The number of benzene rings is 2. The number of hydrogen-bond donors (Lipinski definition) is 1. The summed E-state index contributed by atoms with van der Waals surface area (Å²) in [6.45, 7) is 0. The first kappa shape index (κ1) is 13.3. The lowest BCUT2D eigenvalue weighted by Crippen LogP contribution is -1.90. The topological polar surface area (TPSA) is 29.5 Å². The normalized spacial score (nSPS) is 10.3. The molecular weight excluding hydrogens is 312 g/mol. The maximum absolute atomic E-state index is 9.71. The van der Waals surface area contributed by atoms with Gasteiger partial charge in [-0.3, -0.25) is 0 Å². The van der Waals surface area contributed by atoms with Crippen molar-refractivity contribution in [1.29, 1.82) is 0 Å². The van der Waals surface area contributed by atoms with Crippen LogP contribution >= 0.6 is 27.7 Å². The van der Waals surface area contributed by atoms with Gasteiger partial charge in [-0.15, -0.1) is 11.8 Å². The van der Waals surface area contributed by atoms with Gasteiger partial charge in [-0.2, -0.15) is 0 Å². The SMILES string of the molecule is COc1ccc(Br)cc1CSc1ccccc1O. The van der Waals surface area contributed by atoms with Crippen molar-refractivity contribution in [3.05, 3.63) is 52.5 Å². The second-order valence-electron chi connectivity index (χ2n) is 3.71. The van der Waals surface area contributed by atoms with Crippen LogP contribution in [0.5, 0.6) is 11.5 Å². The van der Waals surface area contributed by atoms with E-state index in [1.54, 1.807) is 24.9 Å². The van der Waals surface area contributed by atoms with Crippen LogP contribution in [0.1, 0.15) is 5.56 Å². The highest BCUT2D eigenvalue weighted by Gasteiger charge is 2.06. The number of hydrogen-bond acceptors (Lipinski definition) is 3. The molecule has 0 amide bonds. The number of thioether (sulfide) groups is 1. The molecule has 94 valence electrons. The van der Waals surface area contributed by atoms with Crippen molar-refractivity contribution in [1.82, 2.24) is 0 Å². The number of ether oxygens (including phenoxy) is 1. The summed E-state index contributed by atoms with van der Waals surface area (Å²) in [4.78, 5) is 0.875. The van der Waals surface area contributed by atoms with Crippen molar-refractivity contribution < 1.29 is 9.84 Å². The first-order valence-electron chi connectivity index (χ1n) is 5.44. The lowest BCUT2D eigenvalue weighted by Gasteiger charge is -2.09. The van der Waals surface area contributed by atoms with Gasteiger partial charge in [0.05, 0.1) is 7.11 Å².